The van der Waals surface area contributed by atoms with Crippen LogP contribution in [0, 0.1) is 5.82 Å². The van der Waals surface area contributed by atoms with Crippen molar-refractivity contribution < 1.29 is 9.18 Å². The summed E-state index contributed by atoms with van der Waals surface area (Å²) >= 11 is 3.19. The van der Waals surface area contributed by atoms with Crippen molar-refractivity contribution >= 4 is 27.7 Å². The molecule has 116 valence electrons. The van der Waals surface area contributed by atoms with Crippen molar-refractivity contribution in [3.63, 3.8) is 0 Å². The van der Waals surface area contributed by atoms with Gasteiger partial charge in [0, 0.05) is 23.8 Å². The van der Waals surface area contributed by atoms with E-state index in [0.29, 0.717) is 23.1 Å². The molecule has 1 amide bonds. The standard InChI is InChI=1S/C16H17BrFN3O/c17-13-6-5-12(14(18)11-13)10-16(22)21-9-3-8-20-15-4-1-2-7-19-15/h1-2,4-7,11H,3,8-10H2,(H,19,20)(H,21,22). The van der Waals surface area contributed by atoms with Gasteiger partial charge in [0.2, 0.25) is 5.91 Å². The summed E-state index contributed by atoms with van der Waals surface area (Å²) in [5, 5.41) is 5.94. The van der Waals surface area contributed by atoms with Gasteiger partial charge in [0.25, 0.3) is 0 Å². The second kappa shape index (κ2) is 8.48. The van der Waals surface area contributed by atoms with Gasteiger partial charge in [-0.15, -0.1) is 0 Å². The Morgan fingerprint density at radius 3 is 2.82 bits per heavy atom. The van der Waals surface area contributed by atoms with Gasteiger partial charge >= 0.3 is 0 Å². The Balaban J connectivity index is 1.65. The molecule has 0 aliphatic heterocycles. The van der Waals surface area contributed by atoms with Gasteiger partial charge < -0.3 is 10.6 Å². The van der Waals surface area contributed by atoms with Crippen LogP contribution in [0.3, 0.4) is 0 Å². The second-order valence-corrected chi connectivity index (χ2v) is 5.67. The van der Waals surface area contributed by atoms with Crippen LogP contribution in [0.4, 0.5) is 10.2 Å². The molecule has 2 N–H and O–H groups in total. The Hall–Kier alpha value is -1.95. The largest absolute Gasteiger partial charge is 0.370 e. The van der Waals surface area contributed by atoms with Gasteiger partial charge in [0.1, 0.15) is 11.6 Å². The van der Waals surface area contributed by atoms with Crippen LogP contribution in [0.1, 0.15) is 12.0 Å². The number of hydrogen-bond acceptors (Lipinski definition) is 3. The molecule has 0 radical (unpaired) electrons. The summed E-state index contributed by atoms with van der Waals surface area (Å²) in [5.74, 6) is 0.256. The maximum absolute atomic E-state index is 13.6. The number of halogens is 2. The molecule has 0 aliphatic rings. The Kier molecular flexibility index (Phi) is 6.33. The Morgan fingerprint density at radius 1 is 1.23 bits per heavy atom. The van der Waals surface area contributed by atoms with Crippen molar-refractivity contribution in [2.24, 2.45) is 0 Å². The van der Waals surface area contributed by atoms with Crippen LogP contribution in [0.25, 0.3) is 0 Å². The molecular formula is C16H17BrFN3O. The molecule has 0 saturated heterocycles. The third-order valence-corrected chi connectivity index (χ3v) is 3.51. The molecule has 0 aliphatic carbocycles. The number of carbonyl (C=O) groups excluding carboxylic acids is 1. The molecule has 0 fully saturated rings. The van der Waals surface area contributed by atoms with E-state index in [0.717, 1.165) is 12.2 Å². The van der Waals surface area contributed by atoms with E-state index in [1.165, 1.54) is 6.07 Å². The van der Waals surface area contributed by atoms with Crippen LogP contribution < -0.4 is 10.6 Å². The fraction of sp³-hybridized carbons (Fsp3) is 0.250. The summed E-state index contributed by atoms with van der Waals surface area (Å²) in [4.78, 5) is 15.9. The summed E-state index contributed by atoms with van der Waals surface area (Å²) in [6, 6.07) is 10.3. The molecule has 0 saturated carbocycles. The molecule has 22 heavy (non-hydrogen) atoms. The lowest BCUT2D eigenvalue weighted by Gasteiger charge is -2.07. The average Bonchev–Trinajstić information content (AvgIpc) is 2.51. The van der Waals surface area contributed by atoms with Crippen LogP contribution >= 0.6 is 15.9 Å². The van der Waals surface area contributed by atoms with E-state index in [9.17, 15) is 9.18 Å². The number of rotatable bonds is 7. The van der Waals surface area contributed by atoms with Crippen LogP contribution in [0.15, 0.2) is 47.1 Å². The van der Waals surface area contributed by atoms with Crippen molar-refractivity contribution in [2.45, 2.75) is 12.8 Å². The molecule has 0 atom stereocenters. The van der Waals surface area contributed by atoms with Crippen LogP contribution in [0.2, 0.25) is 0 Å². The average molecular weight is 366 g/mol. The summed E-state index contributed by atoms with van der Waals surface area (Å²) in [7, 11) is 0. The first-order chi connectivity index (χ1) is 10.6. The molecule has 0 bridgehead atoms. The van der Waals surface area contributed by atoms with E-state index in [4.69, 9.17) is 0 Å². The normalized spacial score (nSPS) is 10.3. The van der Waals surface area contributed by atoms with Crippen molar-refractivity contribution in [2.75, 3.05) is 18.4 Å². The van der Waals surface area contributed by atoms with E-state index >= 15 is 0 Å². The van der Waals surface area contributed by atoms with E-state index in [1.54, 1.807) is 18.3 Å². The van der Waals surface area contributed by atoms with Gasteiger partial charge in [0.15, 0.2) is 0 Å². The molecule has 1 aromatic heterocycles. The SMILES string of the molecule is O=C(Cc1ccc(Br)cc1F)NCCCNc1ccccn1. The topological polar surface area (TPSA) is 54.0 Å². The number of aromatic nitrogens is 1. The molecule has 2 rings (SSSR count). The number of nitrogens with zero attached hydrogens (tertiary/aromatic N) is 1. The molecule has 0 spiro atoms. The number of amides is 1. The minimum absolute atomic E-state index is 0.0484. The van der Waals surface area contributed by atoms with E-state index < -0.39 is 0 Å². The Morgan fingerprint density at radius 2 is 2.09 bits per heavy atom. The zero-order chi connectivity index (χ0) is 15.8. The number of carbonyl (C=O) groups is 1. The molecule has 1 heterocycles. The first-order valence-corrected chi connectivity index (χ1v) is 7.80. The summed E-state index contributed by atoms with van der Waals surface area (Å²) in [6.07, 6.45) is 2.54. The zero-order valence-corrected chi connectivity index (χ0v) is 13.6. The van der Waals surface area contributed by atoms with Crippen LogP contribution in [-0.4, -0.2) is 24.0 Å². The number of pyridine rings is 1. The minimum atomic E-state index is -0.374. The smallest absolute Gasteiger partial charge is 0.224 e. The molecule has 0 unspecified atom stereocenters. The van der Waals surface area contributed by atoms with E-state index in [-0.39, 0.29) is 18.1 Å². The molecule has 1 aromatic carbocycles. The van der Waals surface area contributed by atoms with Crippen LogP contribution in [0.5, 0.6) is 0 Å². The van der Waals surface area contributed by atoms with Crippen molar-refractivity contribution in [1.29, 1.82) is 0 Å². The second-order valence-electron chi connectivity index (χ2n) is 4.76. The first kappa shape index (κ1) is 16.4. The fourth-order valence-corrected chi connectivity index (χ4v) is 2.23. The Labute approximate surface area is 137 Å². The molecule has 2 aromatic rings. The molecular weight excluding hydrogens is 349 g/mol. The number of hydrogen-bond donors (Lipinski definition) is 2. The van der Waals surface area contributed by atoms with Gasteiger partial charge in [-0.2, -0.15) is 0 Å². The highest BCUT2D eigenvalue weighted by atomic mass is 79.9. The third kappa shape index (κ3) is 5.44. The third-order valence-electron chi connectivity index (χ3n) is 3.01. The highest BCUT2D eigenvalue weighted by Crippen LogP contribution is 2.15. The van der Waals surface area contributed by atoms with Crippen molar-refractivity contribution in [3.8, 4) is 0 Å². The van der Waals surface area contributed by atoms with E-state index in [1.807, 2.05) is 18.2 Å². The highest BCUT2D eigenvalue weighted by molar-refractivity contribution is 9.10. The van der Waals surface area contributed by atoms with Crippen molar-refractivity contribution in [3.05, 3.63) is 58.4 Å². The maximum Gasteiger partial charge on any atom is 0.224 e. The maximum atomic E-state index is 13.6. The predicted molar refractivity (Wildman–Crippen MR) is 88.2 cm³/mol. The predicted octanol–water partition coefficient (Wildman–Crippen LogP) is 3.14. The van der Waals surface area contributed by atoms with Gasteiger partial charge in [-0.25, -0.2) is 9.37 Å². The van der Waals surface area contributed by atoms with E-state index in [2.05, 4.69) is 31.5 Å². The summed E-state index contributed by atoms with van der Waals surface area (Å²) < 4.78 is 14.3. The molecule has 6 heteroatoms. The quantitative estimate of drug-likeness (QED) is 0.741. The van der Waals surface area contributed by atoms with Gasteiger partial charge in [-0.1, -0.05) is 28.1 Å². The number of anilines is 1. The van der Waals surface area contributed by atoms with Gasteiger partial charge in [-0.05, 0) is 36.2 Å². The summed E-state index contributed by atoms with van der Waals surface area (Å²) in [5.41, 5.74) is 0.396. The Bertz CT molecular complexity index is 622. The highest BCUT2D eigenvalue weighted by Gasteiger charge is 2.08. The zero-order valence-electron chi connectivity index (χ0n) is 12.0. The van der Waals surface area contributed by atoms with Gasteiger partial charge in [0.05, 0.1) is 6.42 Å². The van der Waals surface area contributed by atoms with Crippen LogP contribution in [-0.2, 0) is 11.2 Å². The monoisotopic (exact) mass is 365 g/mol. The minimum Gasteiger partial charge on any atom is -0.370 e. The summed E-state index contributed by atoms with van der Waals surface area (Å²) in [6.45, 7) is 1.25. The number of nitrogens with one attached hydrogen (secondary N) is 2. The first-order valence-electron chi connectivity index (χ1n) is 7.00. The lowest BCUT2D eigenvalue weighted by Crippen LogP contribution is -2.27. The fourth-order valence-electron chi connectivity index (χ4n) is 1.90. The lowest BCUT2D eigenvalue weighted by molar-refractivity contribution is -0.120. The number of benzene rings is 1. The van der Waals surface area contributed by atoms with Crippen molar-refractivity contribution in [1.82, 2.24) is 10.3 Å². The van der Waals surface area contributed by atoms with Gasteiger partial charge in [-0.3, -0.25) is 4.79 Å². The molecule has 4 nitrogen and oxygen atoms in total. The lowest BCUT2D eigenvalue weighted by atomic mass is 10.1.